The van der Waals surface area contributed by atoms with Crippen LogP contribution in [-0.4, -0.2) is 17.1 Å². The molecule has 0 atom stereocenters. The molecule has 0 bridgehead atoms. The Hall–Kier alpha value is -2.07. The molecule has 0 saturated carbocycles. The number of hydrogen-bond acceptors (Lipinski definition) is 4. The smallest absolute Gasteiger partial charge is 0.189 e. The van der Waals surface area contributed by atoms with E-state index in [2.05, 4.69) is 22.1 Å². The van der Waals surface area contributed by atoms with Crippen LogP contribution < -0.4 is 4.74 Å². The molecule has 2 aliphatic rings. The monoisotopic (exact) mass is 282 g/mol. The molecular weight excluding hydrogens is 268 g/mol. The van der Waals surface area contributed by atoms with E-state index in [1.807, 2.05) is 42.5 Å². The third-order valence-electron chi connectivity index (χ3n) is 2.95. The lowest BCUT2D eigenvalue weighted by Gasteiger charge is -2.01. The minimum absolute atomic E-state index is 0.821. The summed E-state index contributed by atoms with van der Waals surface area (Å²) in [7, 11) is 1.67. The second kappa shape index (κ2) is 5.92. The van der Waals surface area contributed by atoms with E-state index in [0.717, 1.165) is 28.0 Å². The number of benzene rings is 1. The second-order valence-corrected chi connectivity index (χ2v) is 5.27. The van der Waals surface area contributed by atoms with Crippen LogP contribution in [0.2, 0.25) is 0 Å². The van der Waals surface area contributed by atoms with Gasteiger partial charge >= 0.3 is 0 Å². The number of nitrogens with zero attached hydrogens (tertiary/aromatic N) is 2. The van der Waals surface area contributed by atoms with Crippen molar-refractivity contribution in [1.82, 2.24) is 9.97 Å². The number of aromatic nitrogens is 2. The first-order chi connectivity index (χ1) is 9.85. The van der Waals surface area contributed by atoms with Crippen LogP contribution in [0.15, 0.2) is 59.8 Å². The van der Waals surface area contributed by atoms with Gasteiger partial charge in [0.15, 0.2) is 5.16 Å². The predicted octanol–water partition coefficient (Wildman–Crippen LogP) is 3.88. The molecule has 0 fully saturated rings. The van der Waals surface area contributed by atoms with Gasteiger partial charge in [0.1, 0.15) is 5.75 Å². The Bertz CT molecular complexity index is 639. The standard InChI is InChI=1S/C16H14N2OS/c1-19-13-9-7-12(8-10-13)11-20-16-17-14-5-3-2-4-6-15(14)18-16/h2-10H,11H2,1H3. The van der Waals surface area contributed by atoms with Crippen molar-refractivity contribution >= 4 is 11.8 Å². The van der Waals surface area contributed by atoms with Gasteiger partial charge in [0.25, 0.3) is 0 Å². The maximum atomic E-state index is 5.15. The van der Waals surface area contributed by atoms with Gasteiger partial charge < -0.3 is 4.74 Å². The van der Waals surface area contributed by atoms with Crippen molar-refractivity contribution in [1.29, 1.82) is 0 Å². The van der Waals surface area contributed by atoms with E-state index in [1.54, 1.807) is 18.9 Å². The molecule has 4 heteroatoms. The van der Waals surface area contributed by atoms with Gasteiger partial charge in [0, 0.05) is 5.75 Å². The lowest BCUT2D eigenvalue weighted by atomic mass is 10.2. The van der Waals surface area contributed by atoms with Crippen molar-refractivity contribution in [3.05, 3.63) is 60.2 Å². The molecule has 0 aromatic heterocycles. The van der Waals surface area contributed by atoms with E-state index in [-0.39, 0.29) is 0 Å². The van der Waals surface area contributed by atoms with Crippen LogP contribution in [0.5, 0.6) is 5.75 Å². The normalized spacial score (nSPS) is 10.7. The molecule has 0 amide bonds. The maximum Gasteiger partial charge on any atom is 0.189 e. The third-order valence-corrected chi connectivity index (χ3v) is 3.87. The molecule has 100 valence electrons. The summed E-state index contributed by atoms with van der Waals surface area (Å²) in [5, 5.41) is 0.821. The summed E-state index contributed by atoms with van der Waals surface area (Å²) in [6.07, 6.45) is 0. The summed E-state index contributed by atoms with van der Waals surface area (Å²) >= 11 is 1.65. The lowest BCUT2D eigenvalue weighted by molar-refractivity contribution is 0.414. The molecule has 0 unspecified atom stereocenters. The molecule has 0 N–H and O–H groups in total. The summed E-state index contributed by atoms with van der Waals surface area (Å²) in [4.78, 5) is 9.06. The van der Waals surface area contributed by atoms with Crippen molar-refractivity contribution in [3.8, 4) is 17.1 Å². The number of imidazole rings is 1. The summed E-state index contributed by atoms with van der Waals surface area (Å²) in [5.41, 5.74) is 3.11. The van der Waals surface area contributed by atoms with Crippen LogP contribution in [0, 0.1) is 0 Å². The topological polar surface area (TPSA) is 35.0 Å². The highest BCUT2D eigenvalue weighted by atomic mass is 32.2. The zero-order valence-corrected chi connectivity index (χ0v) is 11.9. The molecule has 1 aliphatic carbocycles. The van der Waals surface area contributed by atoms with E-state index in [4.69, 9.17) is 4.74 Å². The van der Waals surface area contributed by atoms with Gasteiger partial charge in [-0.15, -0.1) is 0 Å². The number of thioether (sulfide) groups is 1. The molecule has 0 saturated heterocycles. The van der Waals surface area contributed by atoms with E-state index < -0.39 is 0 Å². The van der Waals surface area contributed by atoms with Crippen molar-refractivity contribution in [2.75, 3.05) is 7.11 Å². The fourth-order valence-corrected chi connectivity index (χ4v) is 2.70. The van der Waals surface area contributed by atoms with Gasteiger partial charge in [-0.1, -0.05) is 42.1 Å². The largest absolute Gasteiger partial charge is 0.497 e. The van der Waals surface area contributed by atoms with Crippen LogP contribution in [0.4, 0.5) is 0 Å². The third kappa shape index (κ3) is 2.91. The van der Waals surface area contributed by atoms with Crippen LogP contribution in [0.3, 0.4) is 0 Å². The van der Waals surface area contributed by atoms with E-state index in [0.29, 0.717) is 0 Å². The second-order valence-electron chi connectivity index (χ2n) is 4.32. The molecule has 0 radical (unpaired) electrons. The zero-order chi connectivity index (χ0) is 13.8. The average Bonchev–Trinajstić information content (AvgIpc) is 2.75. The fourth-order valence-electron chi connectivity index (χ4n) is 1.88. The Balaban J connectivity index is 1.72. The first-order valence-electron chi connectivity index (χ1n) is 6.34. The molecule has 0 spiro atoms. The summed E-state index contributed by atoms with van der Waals surface area (Å²) in [6, 6.07) is 18.0. The van der Waals surface area contributed by atoms with Gasteiger partial charge in [0.2, 0.25) is 0 Å². The molecule has 1 aromatic rings. The Morgan fingerprint density at radius 2 is 1.55 bits per heavy atom. The zero-order valence-electron chi connectivity index (χ0n) is 11.1. The molecule has 20 heavy (non-hydrogen) atoms. The molecule has 3 rings (SSSR count). The SMILES string of the molecule is COc1ccc(CSc2nc3cccccc-3n2)cc1. The van der Waals surface area contributed by atoms with Crippen molar-refractivity contribution in [3.63, 3.8) is 0 Å². The quantitative estimate of drug-likeness (QED) is 0.680. The van der Waals surface area contributed by atoms with Crippen molar-refractivity contribution in [2.45, 2.75) is 10.9 Å². The number of hydrogen-bond donors (Lipinski definition) is 0. The summed E-state index contributed by atoms with van der Waals surface area (Å²) < 4.78 is 5.15. The predicted molar refractivity (Wildman–Crippen MR) is 81.2 cm³/mol. The van der Waals surface area contributed by atoms with Crippen LogP contribution in [0.25, 0.3) is 11.4 Å². The highest BCUT2D eigenvalue weighted by Crippen LogP contribution is 2.26. The summed E-state index contributed by atoms with van der Waals surface area (Å²) in [6.45, 7) is 0. The van der Waals surface area contributed by atoms with Crippen molar-refractivity contribution in [2.24, 2.45) is 0 Å². The Morgan fingerprint density at radius 3 is 2.15 bits per heavy atom. The highest BCUT2D eigenvalue weighted by molar-refractivity contribution is 7.98. The Morgan fingerprint density at radius 1 is 0.900 bits per heavy atom. The van der Waals surface area contributed by atoms with Crippen LogP contribution >= 0.6 is 11.8 Å². The van der Waals surface area contributed by atoms with Gasteiger partial charge in [-0.05, 0) is 29.8 Å². The number of methoxy groups -OCH3 is 1. The summed E-state index contributed by atoms with van der Waals surface area (Å²) in [5.74, 6) is 1.73. The van der Waals surface area contributed by atoms with E-state index in [9.17, 15) is 0 Å². The first kappa shape index (κ1) is 12.9. The Labute approximate surface area is 122 Å². The lowest BCUT2D eigenvalue weighted by Crippen LogP contribution is -1.84. The minimum Gasteiger partial charge on any atom is -0.497 e. The van der Waals surface area contributed by atoms with Crippen LogP contribution in [0.1, 0.15) is 5.56 Å². The van der Waals surface area contributed by atoms with Gasteiger partial charge in [-0.2, -0.15) is 0 Å². The fraction of sp³-hybridized carbons (Fsp3) is 0.125. The van der Waals surface area contributed by atoms with E-state index >= 15 is 0 Å². The highest BCUT2D eigenvalue weighted by Gasteiger charge is 2.09. The van der Waals surface area contributed by atoms with Gasteiger partial charge in [0.05, 0.1) is 18.5 Å². The minimum atomic E-state index is 0.821. The number of rotatable bonds is 4. The molecular formula is C16H14N2OS. The van der Waals surface area contributed by atoms with Crippen molar-refractivity contribution < 1.29 is 4.74 Å². The van der Waals surface area contributed by atoms with E-state index in [1.165, 1.54) is 5.56 Å². The van der Waals surface area contributed by atoms with Gasteiger partial charge in [-0.25, -0.2) is 9.97 Å². The maximum absolute atomic E-state index is 5.15. The molecule has 1 aromatic carbocycles. The van der Waals surface area contributed by atoms with Gasteiger partial charge in [-0.3, -0.25) is 0 Å². The first-order valence-corrected chi connectivity index (χ1v) is 7.32. The Kier molecular flexibility index (Phi) is 3.83. The van der Waals surface area contributed by atoms with Crippen LogP contribution in [-0.2, 0) is 5.75 Å². The molecule has 3 nitrogen and oxygen atoms in total. The number of ether oxygens (including phenoxy) is 1. The average molecular weight is 282 g/mol. The molecule has 1 aliphatic heterocycles. The molecule has 1 heterocycles. The number of fused-ring (bicyclic) bond motifs is 1.